The molecule has 17 heavy (non-hydrogen) atoms. The average molecular weight is 236 g/mol. The van der Waals surface area contributed by atoms with Crippen LogP contribution >= 0.6 is 0 Å². The Morgan fingerprint density at radius 2 is 2.41 bits per heavy atom. The first-order valence-corrected chi connectivity index (χ1v) is 6.17. The van der Waals surface area contributed by atoms with Crippen molar-refractivity contribution in [3.05, 3.63) is 17.5 Å². The zero-order valence-corrected chi connectivity index (χ0v) is 10.4. The van der Waals surface area contributed by atoms with Crippen molar-refractivity contribution in [3.63, 3.8) is 0 Å². The van der Waals surface area contributed by atoms with Crippen molar-refractivity contribution < 1.29 is 4.79 Å². The van der Waals surface area contributed by atoms with E-state index in [2.05, 4.69) is 15.5 Å². The predicted octanol–water partition coefficient (Wildman–Crippen LogP) is 0.887. The molecule has 0 radical (unpaired) electrons. The van der Waals surface area contributed by atoms with Crippen LogP contribution < -0.4 is 11.1 Å². The summed E-state index contributed by atoms with van der Waals surface area (Å²) >= 11 is 0. The molecule has 1 aliphatic rings. The molecule has 94 valence electrons. The second kappa shape index (κ2) is 4.87. The summed E-state index contributed by atoms with van der Waals surface area (Å²) in [6.07, 6.45) is 4.94. The minimum Gasteiger partial charge on any atom is -0.347 e. The zero-order valence-electron chi connectivity index (χ0n) is 10.4. The van der Waals surface area contributed by atoms with Crippen LogP contribution in [0.2, 0.25) is 0 Å². The van der Waals surface area contributed by atoms with E-state index in [-0.39, 0.29) is 23.9 Å². The Morgan fingerprint density at radius 3 is 3.12 bits per heavy atom. The zero-order chi connectivity index (χ0) is 12.4. The van der Waals surface area contributed by atoms with Gasteiger partial charge in [0, 0.05) is 12.0 Å². The van der Waals surface area contributed by atoms with Gasteiger partial charge in [-0.1, -0.05) is 6.92 Å². The van der Waals surface area contributed by atoms with E-state index >= 15 is 0 Å². The first kappa shape index (κ1) is 12.1. The van der Waals surface area contributed by atoms with Gasteiger partial charge in [-0.15, -0.1) is 0 Å². The fourth-order valence-corrected chi connectivity index (χ4v) is 2.15. The summed E-state index contributed by atoms with van der Waals surface area (Å²) in [5, 5.41) is 10.1. The molecule has 0 bridgehead atoms. The van der Waals surface area contributed by atoms with Gasteiger partial charge in [0.2, 0.25) is 5.91 Å². The van der Waals surface area contributed by atoms with Crippen LogP contribution in [0.4, 0.5) is 0 Å². The van der Waals surface area contributed by atoms with Crippen LogP contribution in [0.15, 0.2) is 6.20 Å². The summed E-state index contributed by atoms with van der Waals surface area (Å²) in [6, 6.07) is -0.0604. The van der Waals surface area contributed by atoms with E-state index in [9.17, 15) is 4.79 Å². The van der Waals surface area contributed by atoms with Crippen molar-refractivity contribution in [2.24, 2.45) is 11.7 Å². The molecule has 3 unspecified atom stereocenters. The summed E-state index contributed by atoms with van der Waals surface area (Å²) in [5.41, 5.74) is 8.01. The normalized spacial score (nSPS) is 22.6. The molecule has 0 saturated carbocycles. The summed E-state index contributed by atoms with van der Waals surface area (Å²) in [7, 11) is 0. The number of hydrogen-bond acceptors (Lipinski definition) is 3. The third-order valence-electron chi connectivity index (χ3n) is 3.56. The van der Waals surface area contributed by atoms with Crippen LogP contribution in [-0.4, -0.2) is 22.1 Å². The second-order valence-corrected chi connectivity index (χ2v) is 4.91. The second-order valence-electron chi connectivity index (χ2n) is 4.91. The third-order valence-corrected chi connectivity index (χ3v) is 3.56. The molecule has 0 fully saturated rings. The van der Waals surface area contributed by atoms with Gasteiger partial charge in [-0.2, -0.15) is 5.10 Å². The largest absolute Gasteiger partial charge is 0.347 e. The van der Waals surface area contributed by atoms with Crippen molar-refractivity contribution in [3.8, 4) is 0 Å². The first-order chi connectivity index (χ1) is 8.09. The van der Waals surface area contributed by atoms with Gasteiger partial charge >= 0.3 is 0 Å². The molecular weight excluding hydrogens is 216 g/mol. The molecule has 0 spiro atoms. The Kier molecular flexibility index (Phi) is 3.47. The maximum atomic E-state index is 12.0. The van der Waals surface area contributed by atoms with Gasteiger partial charge in [0.1, 0.15) is 0 Å². The standard InChI is InChI=1S/C12H20N4O/c1-7(8(2)13)12(17)15-10-5-3-4-9-6-14-16-11(9)10/h6-8,10H,3-5,13H2,1-2H3,(H,14,16)(H,15,17). The summed E-state index contributed by atoms with van der Waals surface area (Å²) in [6.45, 7) is 3.71. The van der Waals surface area contributed by atoms with Gasteiger partial charge in [0.25, 0.3) is 0 Å². The van der Waals surface area contributed by atoms with Gasteiger partial charge < -0.3 is 11.1 Å². The van der Waals surface area contributed by atoms with Gasteiger partial charge in [-0.3, -0.25) is 9.89 Å². The topological polar surface area (TPSA) is 83.8 Å². The minimum atomic E-state index is -0.164. The molecule has 1 aliphatic carbocycles. The van der Waals surface area contributed by atoms with Gasteiger partial charge in [-0.05, 0) is 31.7 Å². The molecule has 0 aromatic carbocycles. The smallest absolute Gasteiger partial charge is 0.224 e. The molecule has 1 aromatic heterocycles. The lowest BCUT2D eigenvalue weighted by molar-refractivity contribution is -0.125. The minimum absolute atomic E-state index is 0.0208. The van der Waals surface area contributed by atoms with Crippen molar-refractivity contribution in [2.45, 2.75) is 45.2 Å². The Hall–Kier alpha value is -1.36. The number of hydrogen-bond donors (Lipinski definition) is 3. The molecule has 5 heteroatoms. The number of nitrogens with two attached hydrogens (primary N) is 1. The lowest BCUT2D eigenvalue weighted by Crippen LogP contribution is -2.41. The number of rotatable bonds is 3. The molecule has 1 heterocycles. The quantitative estimate of drug-likeness (QED) is 0.728. The number of nitrogens with one attached hydrogen (secondary N) is 2. The molecule has 5 nitrogen and oxygen atoms in total. The molecule has 1 amide bonds. The molecular formula is C12H20N4O. The highest BCUT2D eigenvalue weighted by atomic mass is 16.2. The van der Waals surface area contributed by atoms with Gasteiger partial charge in [0.05, 0.1) is 17.9 Å². The van der Waals surface area contributed by atoms with E-state index in [1.807, 2.05) is 20.0 Å². The number of aromatic amines is 1. The molecule has 4 N–H and O–H groups in total. The highest BCUT2D eigenvalue weighted by molar-refractivity contribution is 5.79. The maximum absolute atomic E-state index is 12.0. The number of carbonyl (C=O) groups is 1. The number of H-pyrrole nitrogens is 1. The van der Waals surface area contributed by atoms with Crippen LogP contribution in [-0.2, 0) is 11.2 Å². The van der Waals surface area contributed by atoms with Crippen LogP contribution in [0.5, 0.6) is 0 Å². The Bertz CT molecular complexity index is 399. The van der Waals surface area contributed by atoms with E-state index in [1.165, 1.54) is 5.56 Å². The van der Waals surface area contributed by atoms with Gasteiger partial charge in [-0.25, -0.2) is 0 Å². The van der Waals surface area contributed by atoms with E-state index in [4.69, 9.17) is 5.73 Å². The lowest BCUT2D eigenvalue weighted by Gasteiger charge is -2.25. The van der Waals surface area contributed by atoms with Crippen LogP contribution in [0, 0.1) is 5.92 Å². The number of aromatic nitrogens is 2. The fourth-order valence-electron chi connectivity index (χ4n) is 2.15. The summed E-state index contributed by atoms with van der Waals surface area (Å²) < 4.78 is 0. The molecule has 2 rings (SSSR count). The Balaban J connectivity index is 2.04. The number of carbonyl (C=O) groups excluding carboxylic acids is 1. The maximum Gasteiger partial charge on any atom is 0.224 e. The van der Waals surface area contributed by atoms with E-state index in [0.29, 0.717) is 0 Å². The Labute approximate surface area is 101 Å². The van der Waals surface area contributed by atoms with E-state index in [1.54, 1.807) is 0 Å². The monoisotopic (exact) mass is 236 g/mol. The predicted molar refractivity (Wildman–Crippen MR) is 65.2 cm³/mol. The average Bonchev–Trinajstić information content (AvgIpc) is 2.76. The SMILES string of the molecule is CC(N)C(C)C(=O)NC1CCCc2cn[nH]c21. The van der Waals surface area contributed by atoms with Crippen molar-refractivity contribution in [2.75, 3.05) is 0 Å². The summed E-state index contributed by atoms with van der Waals surface area (Å²) in [5.74, 6) is -0.143. The van der Waals surface area contributed by atoms with Crippen LogP contribution in [0.1, 0.15) is 44.0 Å². The number of aryl methyl sites for hydroxylation is 1. The molecule has 0 aliphatic heterocycles. The first-order valence-electron chi connectivity index (χ1n) is 6.17. The molecule has 3 atom stereocenters. The van der Waals surface area contributed by atoms with Crippen molar-refractivity contribution in [1.82, 2.24) is 15.5 Å². The van der Waals surface area contributed by atoms with Crippen molar-refractivity contribution >= 4 is 5.91 Å². The third kappa shape index (κ3) is 2.49. The van der Waals surface area contributed by atoms with E-state index in [0.717, 1.165) is 25.0 Å². The van der Waals surface area contributed by atoms with Gasteiger partial charge in [0.15, 0.2) is 0 Å². The fraction of sp³-hybridized carbons (Fsp3) is 0.667. The highest BCUT2D eigenvalue weighted by Gasteiger charge is 2.26. The Morgan fingerprint density at radius 1 is 1.65 bits per heavy atom. The van der Waals surface area contributed by atoms with E-state index < -0.39 is 0 Å². The highest BCUT2D eigenvalue weighted by Crippen LogP contribution is 2.27. The number of amides is 1. The summed E-state index contributed by atoms with van der Waals surface area (Å²) in [4.78, 5) is 12.0. The number of nitrogens with zero attached hydrogens (tertiary/aromatic N) is 1. The van der Waals surface area contributed by atoms with Crippen molar-refractivity contribution in [1.29, 1.82) is 0 Å². The molecule has 0 saturated heterocycles. The lowest BCUT2D eigenvalue weighted by atomic mass is 9.93. The molecule has 1 aromatic rings. The number of fused-ring (bicyclic) bond motifs is 1. The van der Waals surface area contributed by atoms with Crippen LogP contribution in [0.25, 0.3) is 0 Å². The van der Waals surface area contributed by atoms with Crippen LogP contribution in [0.3, 0.4) is 0 Å².